The molecule has 0 saturated carbocycles. The molecule has 3 rings (SSSR count). The number of aromatic nitrogens is 2. The highest BCUT2D eigenvalue weighted by molar-refractivity contribution is 7.59. The molecule has 0 unspecified atom stereocenters. The summed E-state index contributed by atoms with van der Waals surface area (Å²) in [4.78, 5) is 2.02. The van der Waals surface area contributed by atoms with Gasteiger partial charge in [0.25, 0.3) is 0 Å². The topological polar surface area (TPSA) is 21.1 Å². The van der Waals surface area contributed by atoms with E-state index in [4.69, 9.17) is 6.42 Å². The molecule has 7 heteroatoms. The molecule has 23 heavy (non-hydrogen) atoms. The number of anilines is 1. The molecule has 0 bridgehead atoms. The van der Waals surface area contributed by atoms with Gasteiger partial charge in [-0.1, -0.05) is 5.92 Å². The summed E-state index contributed by atoms with van der Waals surface area (Å²) in [5.41, 5.74) is 1.75. The molecule has 1 atom stereocenters. The Labute approximate surface area is 139 Å². The van der Waals surface area contributed by atoms with Crippen molar-refractivity contribution in [3.05, 3.63) is 47.3 Å². The molecule has 1 aromatic heterocycles. The Morgan fingerprint density at radius 2 is 1.91 bits per heavy atom. The molecule has 0 amide bonds. The Balaban J connectivity index is 0.00000192. The van der Waals surface area contributed by atoms with Gasteiger partial charge in [-0.05, 0) is 31.2 Å². The van der Waals surface area contributed by atoms with Crippen molar-refractivity contribution in [2.75, 3.05) is 11.4 Å². The molecular weight excluding hydrogens is 323 g/mol. The van der Waals surface area contributed by atoms with Crippen molar-refractivity contribution in [2.45, 2.75) is 25.7 Å². The normalized spacial score (nSPS) is 17.2. The van der Waals surface area contributed by atoms with Gasteiger partial charge in [0.15, 0.2) is 0 Å². The van der Waals surface area contributed by atoms with Crippen LogP contribution in [0.4, 0.5) is 18.9 Å². The number of nitrogens with zero attached hydrogens (tertiary/aromatic N) is 3. The quantitative estimate of drug-likeness (QED) is 0.741. The van der Waals surface area contributed by atoms with E-state index in [0.717, 1.165) is 29.1 Å². The minimum Gasteiger partial charge on any atom is -0.363 e. The molecule has 3 nitrogen and oxygen atoms in total. The van der Waals surface area contributed by atoms with Crippen LogP contribution >= 0.6 is 13.5 Å². The number of benzene rings is 1. The third-order valence-corrected chi connectivity index (χ3v) is 3.86. The highest BCUT2D eigenvalue weighted by Crippen LogP contribution is 2.32. The van der Waals surface area contributed by atoms with Crippen molar-refractivity contribution in [3.63, 3.8) is 0 Å². The van der Waals surface area contributed by atoms with Gasteiger partial charge in [-0.15, -0.1) is 6.42 Å². The standard InChI is InChI=1S/C16H14F3N3.H2S/c1-3-12-8-20-22-11(2)9-21(10-15(12)22)14-6-4-13(5-7-14)16(17,18)19;/h1,4-8,11H,9-10H2,2H3;1H2/t11-;/m0./s1. The second-order valence-electron chi connectivity index (χ2n) is 5.37. The van der Waals surface area contributed by atoms with E-state index in [9.17, 15) is 13.2 Å². The Bertz CT molecular complexity index is 729. The zero-order valence-electron chi connectivity index (χ0n) is 12.4. The smallest absolute Gasteiger partial charge is 0.363 e. The summed E-state index contributed by atoms with van der Waals surface area (Å²) in [5.74, 6) is 2.60. The van der Waals surface area contributed by atoms with Gasteiger partial charge in [0.1, 0.15) is 0 Å². The minimum atomic E-state index is -4.32. The van der Waals surface area contributed by atoms with E-state index in [0.29, 0.717) is 13.1 Å². The molecule has 1 aliphatic heterocycles. The number of alkyl halides is 3. The van der Waals surface area contributed by atoms with Crippen LogP contribution in [-0.4, -0.2) is 16.3 Å². The van der Waals surface area contributed by atoms with Crippen LogP contribution in [-0.2, 0) is 12.7 Å². The second kappa shape index (κ2) is 6.20. The third-order valence-electron chi connectivity index (χ3n) is 3.86. The molecular formula is C16H16F3N3S. The summed E-state index contributed by atoms with van der Waals surface area (Å²) in [6.07, 6.45) is 2.81. The number of fused-ring (bicyclic) bond motifs is 1. The van der Waals surface area contributed by atoms with E-state index >= 15 is 0 Å². The molecule has 0 spiro atoms. The van der Waals surface area contributed by atoms with Gasteiger partial charge in [-0.25, -0.2) is 0 Å². The molecule has 1 aliphatic rings. The fraction of sp³-hybridized carbons (Fsp3) is 0.312. The van der Waals surface area contributed by atoms with Gasteiger partial charge in [-0.3, -0.25) is 4.68 Å². The lowest BCUT2D eigenvalue weighted by atomic mass is 10.1. The van der Waals surface area contributed by atoms with Gasteiger partial charge in [0.05, 0.1) is 35.6 Å². The van der Waals surface area contributed by atoms with E-state index in [1.165, 1.54) is 12.1 Å². The molecule has 0 aliphatic carbocycles. The molecule has 2 heterocycles. The van der Waals surface area contributed by atoms with Crippen LogP contribution in [0.3, 0.4) is 0 Å². The van der Waals surface area contributed by atoms with Gasteiger partial charge in [-0.2, -0.15) is 31.8 Å². The average Bonchev–Trinajstić information content (AvgIpc) is 2.90. The van der Waals surface area contributed by atoms with Crippen LogP contribution in [0.2, 0.25) is 0 Å². The molecule has 0 radical (unpaired) electrons. The third kappa shape index (κ3) is 3.17. The monoisotopic (exact) mass is 339 g/mol. The van der Waals surface area contributed by atoms with Crippen LogP contribution in [0, 0.1) is 12.3 Å². The summed E-state index contributed by atoms with van der Waals surface area (Å²) in [5, 5.41) is 4.28. The first-order valence-electron chi connectivity index (χ1n) is 6.85. The maximum Gasteiger partial charge on any atom is 0.416 e. The van der Waals surface area contributed by atoms with E-state index in [1.807, 2.05) is 16.5 Å². The predicted octanol–water partition coefficient (Wildman–Crippen LogP) is 3.58. The SMILES string of the molecule is C#Cc1cnn2c1CN(c1ccc(C(F)(F)F)cc1)C[C@@H]2C.S. The van der Waals surface area contributed by atoms with Crippen molar-refractivity contribution in [1.29, 1.82) is 0 Å². The van der Waals surface area contributed by atoms with Gasteiger partial charge >= 0.3 is 6.18 Å². The molecule has 0 N–H and O–H groups in total. The summed E-state index contributed by atoms with van der Waals surface area (Å²) in [6, 6.07) is 5.31. The highest BCUT2D eigenvalue weighted by Gasteiger charge is 2.31. The van der Waals surface area contributed by atoms with Gasteiger partial charge in [0.2, 0.25) is 0 Å². The lowest BCUT2D eigenvalue weighted by Gasteiger charge is -2.34. The van der Waals surface area contributed by atoms with Crippen molar-refractivity contribution in [1.82, 2.24) is 9.78 Å². The fourth-order valence-corrected chi connectivity index (χ4v) is 2.75. The fourth-order valence-electron chi connectivity index (χ4n) is 2.75. The van der Waals surface area contributed by atoms with E-state index < -0.39 is 11.7 Å². The Morgan fingerprint density at radius 3 is 2.48 bits per heavy atom. The average molecular weight is 339 g/mol. The molecule has 0 fully saturated rings. The van der Waals surface area contributed by atoms with Crippen LogP contribution < -0.4 is 4.90 Å². The van der Waals surface area contributed by atoms with Crippen LogP contribution in [0.15, 0.2) is 30.5 Å². The Hall–Kier alpha value is -2.07. The lowest BCUT2D eigenvalue weighted by molar-refractivity contribution is -0.137. The second-order valence-corrected chi connectivity index (χ2v) is 5.37. The van der Waals surface area contributed by atoms with Gasteiger partial charge < -0.3 is 4.90 Å². The Kier molecular flexibility index (Phi) is 4.66. The van der Waals surface area contributed by atoms with Gasteiger partial charge in [0, 0.05) is 12.2 Å². The summed E-state index contributed by atoms with van der Waals surface area (Å²) < 4.78 is 39.8. The van der Waals surface area contributed by atoms with Crippen LogP contribution in [0.5, 0.6) is 0 Å². The minimum absolute atomic E-state index is 0. The van der Waals surface area contributed by atoms with E-state index in [-0.39, 0.29) is 19.5 Å². The highest BCUT2D eigenvalue weighted by atomic mass is 32.1. The summed E-state index contributed by atoms with van der Waals surface area (Å²) in [7, 11) is 0. The first kappa shape index (κ1) is 17.3. The number of hydrogen-bond donors (Lipinski definition) is 0. The zero-order chi connectivity index (χ0) is 15.9. The predicted molar refractivity (Wildman–Crippen MR) is 87.7 cm³/mol. The van der Waals surface area contributed by atoms with E-state index in [2.05, 4.69) is 11.0 Å². The first-order chi connectivity index (χ1) is 10.4. The molecule has 0 saturated heterocycles. The Morgan fingerprint density at radius 1 is 1.26 bits per heavy atom. The van der Waals surface area contributed by atoms with E-state index in [1.54, 1.807) is 6.20 Å². The van der Waals surface area contributed by atoms with Crippen molar-refractivity contribution >= 4 is 19.2 Å². The zero-order valence-corrected chi connectivity index (χ0v) is 13.4. The van der Waals surface area contributed by atoms with Crippen LogP contribution in [0.25, 0.3) is 0 Å². The van der Waals surface area contributed by atoms with Crippen LogP contribution in [0.1, 0.15) is 29.8 Å². The summed E-state index contributed by atoms with van der Waals surface area (Å²) >= 11 is 0. The largest absolute Gasteiger partial charge is 0.416 e. The molecule has 122 valence electrons. The maximum atomic E-state index is 12.6. The van der Waals surface area contributed by atoms with Crippen molar-refractivity contribution in [3.8, 4) is 12.3 Å². The molecule has 2 aromatic rings. The maximum absolute atomic E-state index is 12.6. The summed E-state index contributed by atoms with van der Waals surface area (Å²) in [6.45, 7) is 3.21. The first-order valence-corrected chi connectivity index (χ1v) is 6.85. The van der Waals surface area contributed by atoms with Crippen molar-refractivity contribution < 1.29 is 13.2 Å². The number of hydrogen-bond acceptors (Lipinski definition) is 2. The number of terminal acetylenes is 1. The molecule has 1 aromatic carbocycles. The number of rotatable bonds is 1. The van der Waals surface area contributed by atoms with Crippen molar-refractivity contribution in [2.24, 2.45) is 0 Å². The lowest BCUT2D eigenvalue weighted by Crippen LogP contribution is -2.36. The number of halogens is 3.